The molecule has 0 aromatic carbocycles. The van der Waals surface area contributed by atoms with Crippen molar-refractivity contribution >= 4 is 0 Å². The molecule has 0 bridgehead atoms. The molecule has 58 valence electrons. The first kappa shape index (κ1) is 7.37. The molecule has 3 N–H and O–H groups in total. The molecule has 0 aromatic rings. The molecule has 1 aliphatic rings. The zero-order valence-corrected chi connectivity index (χ0v) is 6.09. The number of hydrogen-bond acceptors (Lipinski definition) is 4. The summed E-state index contributed by atoms with van der Waals surface area (Å²) in [5.41, 5.74) is 7.00. The summed E-state index contributed by atoms with van der Waals surface area (Å²) in [7, 11) is 0. The number of nitrogens with one attached hydrogen (secondary N) is 2. The van der Waals surface area contributed by atoms with Gasteiger partial charge in [-0.2, -0.15) is 0 Å². The first-order chi connectivity index (χ1) is 4.86. The molecule has 0 saturated carbocycles. The summed E-state index contributed by atoms with van der Waals surface area (Å²) in [6, 6.07) is 0. The van der Waals surface area contributed by atoms with Crippen LogP contribution < -0.4 is 11.0 Å². The van der Waals surface area contributed by atoms with Crippen molar-refractivity contribution in [2.75, 3.05) is 13.2 Å². The van der Waals surface area contributed by atoms with E-state index >= 15 is 0 Å². The van der Waals surface area contributed by atoms with Gasteiger partial charge in [-0.25, -0.2) is 0 Å². The number of allylic oxidation sites excluding steroid dienone is 1. The number of aliphatic hydroxyl groups excluding tert-OH is 1. The van der Waals surface area contributed by atoms with Gasteiger partial charge in [0.2, 0.25) is 0 Å². The van der Waals surface area contributed by atoms with E-state index in [1.807, 2.05) is 11.2 Å². The molecule has 1 heterocycles. The average Bonchev–Trinajstić information content (AvgIpc) is 2.37. The Labute approximate surface area is 60.5 Å². The van der Waals surface area contributed by atoms with E-state index in [1.54, 1.807) is 0 Å². The van der Waals surface area contributed by atoms with Crippen molar-refractivity contribution in [1.82, 2.24) is 16.0 Å². The molecule has 4 nitrogen and oxygen atoms in total. The normalized spacial score (nSPS) is 17.0. The van der Waals surface area contributed by atoms with Crippen LogP contribution in [0.2, 0.25) is 0 Å². The maximum absolute atomic E-state index is 8.55. The fraction of sp³-hybridized carbons (Fsp3) is 0.667. The van der Waals surface area contributed by atoms with Gasteiger partial charge in [0, 0.05) is 11.9 Å². The van der Waals surface area contributed by atoms with Crippen molar-refractivity contribution in [1.29, 1.82) is 0 Å². The first-order valence-corrected chi connectivity index (χ1v) is 3.46. The smallest absolute Gasteiger partial charge is 0.0622 e. The van der Waals surface area contributed by atoms with Crippen LogP contribution in [0.4, 0.5) is 0 Å². The second kappa shape index (κ2) is 3.43. The minimum Gasteiger partial charge on any atom is -0.394 e. The zero-order valence-electron chi connectivity index (χ0n) is 6.09. The molecular weight excluding hydrogens is 130 g/mol. The van der Waals surface area contributed by atoms with Crippen LogP contribution in [-0.2, 0) is 0 Å². The third-order valence-electron chi connectivity index (χ3n) is 1.39. The highest BCUT2D eigenvalue weighted by Crippen LogP contribution is 2.01. The maximum atomic E-state index is 8.55. The summed E-state index contributed by atoms with van der Waals surface area (Å²) in [6.07, 6.45) is 2.94. The molecule has 0 spiro atoms. The monoisotopic (exact) mass is 143 g/mol. The Bertz CT molecular complexity index is 135. The summed E-state index contributed by atoms with van der Waals surface area (Å²) in [5.74, 6) is 0. The van der Waals surface area contributed by atoms with Crippen LogP contribution in [0.25, 0.3) is 0 Å². The van der Waals surface area contributed by atoms with Gasteiger partial charge in [-0.05, 0) is 6.42 Å². The highest BCUT2D eigenvalue weighted by Gasteiger charge is 2.06. The summed E-state index contributed by atoms with van der Waals surface area (Å²) < 4.78 is 0. The summed E-state index contributed by atoms with van der Waals surface area (Å²) >= 11 is 0. The number of hydrogen-bond donors (Lipinski definition) is 3. The molecule has 0 saturated heterocycles. The minimum atomic E-state index is 0.169. The van der Waals surface area contributed by atoms with Gasteiger partial charge in [0.1, 0.15) is 0 Å². The summed E-state index contributed by atoms with van der Waals surface area (Å²) in [6.45, 7) is 2.86. The van der Waals surface area contributed by atoms with E-state index in [0.29, 0.717) is 6.54 Å². The predicted octanol–water partition coefficient (Wildman–Crippen LogP) is -0.445. The molecule has 10 heavy (non-hydrogen) atoms. The van der Waals surface area contributed by atoms with E-state index in [-0.39, 0.29) is 6.61 Å². The quantitative estimate of drug-likeness (QED) is 0.501. The highest BCUT2D eigenvalue weighted by molar-refractivity contribution is 5.00. The van der Waals surface area contributed by atoms with E-state index in [9.17, 15) is 0 Å². The van der Waals surface area contributed by atoms with Gasteiger partial charge in [-0.15, -0.1) is 5.53 Å². The maximum Gasteiger partial charge on any atom is 0.0622 e. The molecule has 4 heteroatoms. The van der Waals surface area contributed by atoms with E-state index in [2.05, 4.69) is 17.9 Å². The molecule has 0 aliphatic carbocycles. The molecule has 0 radical (unpaired) electrons. The number of hydrazine groups is 2. The van der Waals surface area contributed by atoms with Crippen LogP contribution in [0.15, 0.2) is 11.9 Å². The number of rotatable bonds is 3. The van der Waals surface area contributed by atoms with Gasteiger partial charge < -0.3 is 10.5 Å². The molecule has 0 atom stereocenters. The first-order valence-electron chi connectivity index (χ1n) is 3.46. The Balaban J connectivity index is 2.32. The Kier molecular flexibility index (Phi) is 2.53. The van der Waals surface area contributed by atoms with Gasteiger partial charge in [0.15, 0.2) is 0 Å². The number of nitrogens with zero attached hydrogens (tertiary/aromatic N) is 1. The topological polar surface area (TPSA) is 47.5 Å². The van der Waals surface area contributed by atoms with Crippen LogP contribution in [0.1, 0.15) is 13.3 Å². The van der Waals surface area contributed by atoms with Gasteiger partial charge in [-0.1, -0.05) is 6.92 Å². The third kappa shape index (κ3) is 1.62. The van der Waals surface area contributed by atoms with E-state index in [4.69, 9.17) is 5.11 Å². The SMILES string of the molecule is CCC1=CN(CCO)NN1. The van der Waals surface area contributed by atoms with Crippen LogP contribution >= 0.6 is 0 Å². The second-order valence-electron chi connectivity index (χ2n) is 2.16. The van der Waals surface area contributed by atoms with Crippen molar-refractivity contribution in [2.45, 2.75) is 13.3 Å². The number of β-amino-alcohol motifs (C(OH)–C–C–N with tert-alkyl or cyclic N) is 1. The molecular formula is C6H13N3O. The fourth-order valence-electron chi connectivity index (χ4n) is 0.804. The van der Waals surface area contributed by atoms with E-state index in [0.717, 1.165) is 12.1 Å². The van der Waals surface area contributed by atoms with Crippen LogP contribution in [-0.4, -0.2) is 23.3 Å². The third-order valence-corrected chi connectivity index (χ3v) is 1.39. The van der Waals surface area contributed by atoms with Gasteiger partial charge in [-0.3, -0.25) is 5.01 Å². The Hall–Kier alpha value is -0.740. The molecule has 1 aliphatic heterocycles. The molecule has 0 aromatic heterocycles. The van der Waals surface area contributed by atoms with Gasteiger partial charge in [0.25, 0.3) is 0 Å². The highest BCUT2D eigenvalue weighted by atomic mass is 16.3. The summed E-state index contributed by atoms with van der Waals surface area (Å²) in [4.78, 5) is 0. The molecule has 1 rings (SSSR count). The lowest BCUT2D eigenvalue weighted by atomic mass is 10.4. The average molecular weight is 143 g/mol. The summed E-state index contributed by atoms with van der Waals surface area (Å²) in [5, 5.41) is 10.4. The van der Waals surface area contributed by atoms with Crippen molar-refractivity contribution < 1.29 is 5.11 Å². The van der Waals surface area contributed by atoms with Crippen LogP contribution in [0.3, 0.4) is 0 Å². The molecule has 0 amide bonds. The van der Waals surface area contributed by atoms with Gasteiger partial charge >= 0.3 is 0 Å². The van der Waals surface area contributed by atoms with Crippen molar-refractivity contribution in [3.63, 3.8) is 0 Å². The van der Waals surface area contributed by atoms with Crippen molar-refractivity contribution in [2.24, 2.45) is 0 Å². The Morgan fingerprint density at radius 2 is 2.50 bits per heavy atom. The Morgan fingerprint density at radius 1 is 1.70 bits per heavy atom. The van der Waals surface area contributed by atoms with Crippen molar-refractivity contribution in [3.8, 4) is 0 Å². The Morgan fingerprint density at radius 3 is 3.00 bits per heavy atom. The van der Waals surface area contributed by atoms with Crippen molar-refractivity contribution in [3.05, 3.63) is 11.9 Å². The van der Waals surface area contributed by atoms with E-state index in [1.165, 1.54) is 0 Å². The lowest BCUT2D eigenvalue weighted by Crippen LogP contribution is -2.37. The number of aliphatic hydroxyl groups is 1. The van der Waals surface area contributed by atoms with Gasteiger partial charge in [0.05, 0.1) is 13.2 Å². The minimum absolute atomic E-state index is 0.169. The lowest BCUT2D eigenvalue weighted by Gasteiger charge is -2.12. The van der Waals surface area contributed by atoms with E-state index < -0.39 is 0 Å². The predicted molar refractivity (Wildman–Crippen MR) is 38.4 cm³/mol. The zero-order chi connectivity index (χ0) is 7.40. The largest absolute Gasteiger partial charge is 0.394 e. The van der Waals surface area contributed by atoms with Crippen LogP contribution in [0, 0.1) is 0 Å². The molecule has 0 fully saturated rings. The standard InChI is InChI=1S/C6H13N3O/c1-2-6-5-9(3-4-10)8-7-6/h5,7-8,10H,2-4H2,1H3. The lowest BCUT2D eigenvalue weighted by molar-refractivity contribution is 0.195. The second-order valence-corrected chi connectivity index (χ2v) is 2.16. The van der Waals surface area contributed by atoms with Crippen LogP contribution in [0.5, 0.6) is 0 Å². The molecule has 0 unspecified atom stereocenters. The fourth-order valence-corrected chi connectivity index (χ4v) is 0.804.